The molecule has 0 saturated heterocycles. The maximum absolute atomic E-state index is 2.25. The smallest absolute Gasteiger partial charge is 0.0348 e. The second kappa shape index (κ2) is 16.0. The van der Waals surface area contributed by atoms with Gasteiger partial charge in [0, 0.05) is 0 Å². The largest absolute Gasteiger partial charge is 0.0845 e. The van der Waals surface area contributed by atoms with Gasteiger partial charge in [-0.25, -0.2) is 0 Å². The summed E-state index contributed by atoms with van der Waals surface area (Å²) < 4.78 is 0. The van der Waals surface area contributed by atoms with Crippen molar-refractivity contribution in [3.8, 4) is 0 Å². The molecule has 1 rings (SSSR count). The third-order valence-electron chi connectivity index (χ3n) is 3.18. The van der Waals surface area contributed by atoms with E-state index in [1.54, 1.807) is 0 Å². The molecule has 0 heteroatoms. The van der Waals surface area contributed by atoms with Crippen LogP contribution in [0.1, 0.15) is 32.1 Å². The van der Waals surface area contributed by atoms with Gasteiger partial charge in [-0.15, -0.1) is 0 Å². The Morgan fingerprint density at radius 1 is 0.261 bits per heavy atom. The Hall–Kier alpha value is -2.34. The summed E-state index contributed by atoms with van der Waals surface area (Å²) in [6.45, 7) is 0. The van der Waals surface area contributed by atoms with Gasteiger partial charge in [-0.05, 0) is 25.7 Å². The fourth-order valence-corrected chi connectivity index (χ4v) is 1.95. The monoisotopic (exact) mass is 304 g/mol. The van der Waals surface area contributed by atoms with E-state index >= 15 is 0 Å². The molecule has 0 aliphatic heterocycles. The van der Waals surface area contributed by atoms with E-state index < -0.39 is 0 Å². The minimum atomic E-state index is 1.17. The maximum atomic E-state index is 2.25. The van der Waals surface area contributed by atoms with Gasteiger partial charge in [0.15, 0.2) is 0 Å². The Kier molecular flexibility index (Phi) is 13.0. The van der Waals surface area contributed by atoms with Crippen LogP contribution in [0.4, 0.5) is 0 Å². The van der Waals surface area contributed by atoms with Gasteiger partial charge < -0.3 is 0 Å². The van der Waals surface area contributed by atoms with Crippen molar-refractivity contribution in [2.45, 2.75) is 32.1 Å². The Balaban J connectivity index is 2.50. The van der Waals surface area contributed by atoms with Crippen LogP contribution < -0.4 is 0 Å². The van der Waals surface area contributed by atoms with Crippen molar-refractivity contribution in [2.75, 3.05) is 0 Å². The summed E-state index contributed by atoms with van der Waals surface area (Å²) in [4.78, 5) is 0. The lowest BCUT2D eigenvalue weighted by Gasteiger charge is -1.94. The van der Waals surface area contributed by atoms with Gasteiger partial charge >= 0.3 is 0 Å². The molecule has 23 heavy (non-hydrogen) atoms. The van der Waals surface area contributed by atoms with E-state index in [1.807, 2.05) is 60.8 Å². The number of allylic oxidation sites excluding steroid dienone is 18. The fraction of sp³-hybridized carbons (Fsp3) is 0.217. The first kappa shape index (κ1) is 18.7. The summed E-state index contributed by atoms with van der Waals surface area (Å²) in [6, 6.07) is 0. The van der Waals surface area contributed by atoms with Crippen molar-refractivity contribution in [3.05, 3.63) is 109 Å². The summed E-state index contributed by atoms with van der Waals surface area (Å²) in [6.07, 6.45) is 43.5. The zero-order valence-electron chi connectivity index (χ0n) is 13.9. The minimum Gasteiger partial charge on any atom is -0.0845 e. The lowest BCUT2D eigenvalue weighted by molar-refractivity contribution is 0.696. The van der Waals surface area contributed by atoms with Crippen LogP contribution in [0.5, 0.6) is 0 Å². The standard InChI is InChI=1S/C23H28/c1-2-4-6-8-10-12-14-16-18-20-22-23-21-19-17-15-13-11-9-7-5-3-1/h1-18H,19-23H2. The first-order valence-electron chi connectivity index (χ1n) is 8.48. The van der Waals surface area contributed by atoms with Crippen molar-refractivity contribution in [1.29, 1.82) is 0 Å². The molecular formula is C23H28. The Labute approximate surface area is 142 Å². The predicted molar refractivity (Wildman–Crippen MR) is 105 cm³/mol. The summed E-state index contributed by atoms with van der Waals surface area (Å²) >= 11 is 0. The molecule has 1 aliphatic rings. The van der Waals surface area contributed by atoms with Crippen molar-refractivity contribution < 1.29 is 0 Å². The van der Waals surface area contributed by atoms with Crippen LogP contribution in [0.2, 0.25) is 0 Å². The van der Waals surface area contributed by atoms with E-state index in [1.165, 1.54) is 32.1 Å². The predicted octanol–water partition coefficient (Wildman–Crippen LogP) is 6.96. The number of hydrogen-bond acceptors (Lipinski definition) is 0. The molecule has 0 atom stereocenters. The van der Waals surface area contributed by atoms with Gasteiger partial charge in [-0.1, -0.05) is 116 Å². The molecular weight excluding hydrogens is 276 g/mol. The molecule has 0 nitrogen and oxygen atoms in total. The molecule has 0 spiro atoms. The van der Waals surface area contributed by atoms with E-state index in [2.05, 4.69) is 48.6 Å². The molecule has 0 unspecified atom stereocenters. The molecule has 0 fully saturated rings. The summed E-state index contributed by atoms with van der Waals surface area (Å²) in [5, 5.41) is 0. The molecule has 0 N–H and O–H groups in total. The van der Waals surface area contributed by atoms with E-state index in [9.17, 15) is 0 Å². The van der Waals surface area contributed by atoms with E-state index in [0.717, 1.165) is 0 Å². The highest BCUT2D eigenvalue weighted by molar-refractivity contribution is 5.21. The van der Waals surface area contributed by atoms with Gasteiger partial charge in [0.1, 0.15) is 0 Å². The third kappa shape index (κ3) is 14.4. The molecule has 0 aromatic heterocycles. The van der Waals surface area contributed by atoms with Crippen LogP contribution in [-0.2, 0) is 0 Å². The maximum Gasteiger partial charge on any atom is -0.0348 e. The van der Waals surface area contributed by atoms with Crippen molar-refractivity contribution in [2.24, 2.45) is 0 Å². The highest BCUT2D eigenvalue weighted by atomic mass is 13.9. The van der Waals surface area contributed by atoms with Gasteiger partial charge in [-0.3, -0.25) is 0 Å². The van der Waals surface area contributed by atoms with Crippen LogP contribution in [0.25, 0.3) is 0 Å². The molecule has 0 aromatic rings. The lowest BCUT2D eigenvalue weighted by atomic mass is 10.1. The molecule has 0 amide bonds. The van der Waals surface area contributed by atoms with Gasteiger partial charge in [0.05, 0.1) is 0 Å². The molecule has 1 aliphatic carbocycles. The molecule has 0 radical (unpaired) electrons. The Bertz CT molecular complexity index is 480. The SMILES string of the molecule is C1=CC=CC=CC=CC=CCCCCCC=CC=CC=CC=C1. The second-order valence-corrected chi connectivity index (χ2v) is 5.19. The van der Waals surface area contributed by atoms with Gasteiger partial charge in [-0.2, -0.15) is 0 Å². The molecule has 0 bridgehead atoms. The normalized spacial score (nSPS) is 17.7. The molecule has 0 aromatic carbocycles. The van der Waals surface area contributed by atoms with Gasteiger partial charge in [0.25, 0.3) is 0 Å². The van der Waals surface area contributed by atoms with Gasteiger partial charge in [0.2, 0.25) is 0 Å². The lowest BCUT2D eigenvalue weighted by Crippen LogP contribution is -1.74. The summed E-state index contributed by atoms with van der Waals surface area (Å²) in [5.74, 6) is 0. The summed E-state index contributed by atoms with van der Waals surface area (Å²) in [7, 11) is 0. The highest BCUT2D eigenvalue weighted by Crippen LogP contribution is 2.04. The zero-order valence-corrected chi connectivity index (χ0v) is 13.9. The van der Waals surface area contributed by atoms with E-state index in [-0.39, 0.29) is 0 Å². The minimum absolute atomic E-state index is 1.17. The van der Waals surface area contributed by atoms with Crippen LogP contribution >= 0.6 is 0 Å². The number of hydrogen-bond donors (Lipinski definition) is 0. The Morgan fingerprint density at radius 2 is 0.522 bits per heavy atom. The van der Waals surface area contributed by atoms with Crippen molar-refractivity contribution >= 4 is 0 Å². The zero-order chi connectivity index (χ0) is 16.3. The quantitative estimate of drug-likeness (QED) is 0.454. The topological polar surface area (TPSA) is 0 Å². The van der Waals surface area contributed by atoms with Crippen molar-refractivity contribution in [1.82, 2.24) is 0 Å². The van der Waals surface area contributed by atoms with Crippen LogP contribution in [-0.4, -0.2) is 0 Å². The molecule has 120 valence electrons. The number of rotatable bonds is 0. The average Bonchev–Trinajstić information content (AvgIpc) is 2.56. The van der Waals surface area contributed by atoms with Crippen LogP contribution in [0.3, 0.4) is 0 Å². The second-order valence-electron chi connectivity index (χ2n) is 5.19. The highest BCUT2D eigenvalue weighted by Gasteiger charge is 1.84. The first-order valence-corrected chi connectivity index (χ1v) is 8.48. The Morgan fingerprint density at radius 3 is 0.826 bits per heavy atom. The molecule has 0 heterocycles. The fourth-order valence-electron chi connectivity index (χ4n) is 1.95. The van der Waals surface area contributed by atoms with Crippen LogP contribution in [0, 0.1) is 0 Å². The summed E-state index contributed by atoms with van der Waals surface area (Å²) in [5.41, 5.74) is 0. The first-order chi connectivity index (χ1) is 11.5. The molecule has 0 saturated carbocycles. The van der Waals surface area contributed by atoms with Crippen LogP contribution in [0.15, 0.2) is 109 Å². The average molecular weight is 304 g/mol. The van der Waals surface area contributed by atoms with E-state index in [4.69, 9.17) is 0 Å². The van der Waals surface area contributed by atoms with E-state index in [0.29, 0.717) is 0 Å². The van der Waals surface area contributed by atoms with Crippen molar-refractivity contribution in [3.63, 3.8) is 0 Å². The third-order valence-corrected chi connectivity index (χ3v) is 3.18.